The maximum absolute atomic E-state index is 12.4. The maximum Gasteiger partial charge on any atom is 0.242 e. The molecule has 0 saturated heterocycles. The van der Waals surface area contributed by atoms with Crippen molar-refractivity contribution in [1.29, 1.82) is 0 Å². The summed E-state index contributed by atoms with van der Waals surface area (Å²) in [5.41, 5.74) is 6.71. The SMILES string of the molecule is Cc1cc(S(=O)(=O)N(C)CC2CC2C)cc(N)c1Cl. The van der Waals surface area contributed by atoms with Crippen LogP contribution in [0.2, 0.25) is 5.02 Å². The van der Waals surface area contributed by atoms with Crippen LogP contribution in [-0.4, -0.2) is 26.3 Å². The minimum Gasteiger partial charge on any atom is -0.397 e. The molecule has 106 valence electrons. The van der Waals surface area contributed by atoms with Gasteiger partial charge in [-0.2, -0.15) is 0 Å². The number of aryl methyl sites for hydroxylation is 1. The summed E-state index contributed by atoms with van der Waals surface area (Å²) >= 11 is 5.96. The van der Waals surface area contributed by atoms with Gasteiger partial charge in [-0.15, -0.1) is 0 Å². The van der Waals surface area contributed by atoms with Crippen molar-refractivity contribution in [3.63, 3.8) is 0 Å². The van der Waals surface area contributed by atoms with Crippen LogP contribution >= 0.6 is 11.6 Å². The Kier molecular flexibility index (Phi) is 3.82. The van der Waals surface area contributed by atoms with E-state index in [0.29, 0.717) is 34.7 Å². The first-order chi connectivity index (χ1) is 8.73. The molecule has 6 heteroatoms. The number of hydrogen-bond acceptors (Lipinski definition) is 3. The second kappa shape index (κ2) is 4.96. The number of halogens is 1. The van der Waals surface area contributed by atoms with Crippen LogP contribution in [0.3, 0.4) is 0 Å². The van der Waals surface area contributed by atoms with Gasteiger partial charge in [0.25, 0.3) is 0 Å². The number of nitrogens with two attached hydrogens (primary N) is 1. The molecule has 2 unspecified atom stereocenters. The quantitative estimate of drug-likeness (QED) is 0.869. The minimum atomic E-state index is -3.48. The summed E-state index contributed by atoms with van der Waals surface area (Å²) in [5, 5.41) is 0.414. The standard InChI is InChI=1S/C13H19ClN2O2S/c1-8-4-10(8)7-16(3)19(17,18)11-5-9(2)13(14)12(15)6-11/h5-6,8,10H,4,7,15H2,1-3H3. The van der Waals surface area contributed by atoms with Crippen molar-refractivity contribution in [2.75, 3.05) is 19.3 Å². The summed E-state index contributed by atoms with van der Waals surface area (Å²) in [7, 11) is -1.87. The van der Waals surface area contributed by atoms with Crippen LogP contribution in [0.25, 0.3) is 0 Å². The fraction of sp³-hybridized carbons (Fsp3) is 0.538. The highest BCUT2D eigenvalue weighted by Crippen LogP contribution is 2.39. The van der Waals surface area contributed by atoms with E-state index in [0.717, 1.165) is 6.42 Å². The van der Waals surface area contributed by atoms with Gasteiger partial charge in [-0.1, -0.05) is 18.5 Å². The molecule has 1 aromatic rings. The van der Waals surface area contributed by atoms with E-state index in [4.69, 9.17) is 17.3 Å². The topological polar surface area (TPSA) is 63.4 Å². The van der Waals surface area contributed by atoms with Crippen LogP contribution in [0.4, 0.5) is 5.69 Å². The number of nitrogens with zero attached hydrogens (tertiary/aromatic N) is 1. The van der Waals surface area contributed by atoms with Crippen molar-refractivity contribution >= 4 is 27.3 Å². The van der Waals surface area contributed by atoms with E-state index in [1.54, 1.807) is 20.0 Å². The fourth-order valence-electron chi connectivity index (χ4n) is 2.17. The first kappa shape index (κ1) is 14.6. The van der Waals surface area contributed by atoms with E-state index < -0.39 is 10.0 Å². The Morgan fingerprint density at radius 1 is 1.47 bits per heavy atom. The molecule has 4 nitrogen and oxygen atoms in total. The first-order valence-corrected chi connectivity index (χ1v) is 8.07. The van der Waals surface area contributed by atoms with Crippen LogP contribution in [0.1, 0.15) is 18.9 Å². The molecule has 2 N–H and O–H groups in total. The van der Waals surface area contributed by atoms with E-state index in [1.807, 2.05) is 0 Å². The van der Waals surface area contributed by atoms with Gasteiger partial charge < -0.3 is 5.73 Å². The highest BCUT2D eigenvalue weighted by molar-refractivity contribution is 7.89. The lowest BCUT2D eigenvalue weighted by Gasteiger charge is -2.18. The van der Waals surface area contributed by atoms with Crippen LogP contribution in [0.15, 0.2) is 17.0 Å². The Balaban J connectivity index is 2.28. The molecule has 1 fully saturated rings. The van der Waals surface area contributed by atoms with Crippen molar-refractivity contribution < 1.29 is 8.42 Å². The van der Waals surface area contributed by atoms with Gasteiger partial charge in [-0.3, -0.25) is 0 Å². The van der Waals surface area contributed by atoms with Gasteiger partial charge in [0.15, 0.2) is 0 Å². The molecule has 0 aromatic heterocycles. The Morgan fingerprint density at radius 2 is 2.05 bits per heavy atom. The molecule has 1 aliphatic rings. The average molecular weight is 303 g/mol. The molecule has 2 atom stereocenters. The van der Waals surface area contributed by atoms with E-state index >= 15 is 0 Å². The zero-order chi connectivity index (χ0) is 14.4. The van der Waals surface area contributed by atoms with Crippen molar-refractivity contribution in [3.05, 3.63) is 22.7 Å². The number of nitrogen functional groups attached to an aromatic ring is 1. The van der Waals surface area contributed by atoms with Gasteiger partial charge in [0, 0.05) is 13.6 Å². The number of benzene rings is 1. The molecule has 2 rings (SSSR count). The summed E-state index contributed by atoms with van der Waals surface area (Å²) < 4.78 is 26.3. The van der Waals surface area contributed by atoms with Crippen molar-refractivity contribution in [2.24, 2.45) is 11.8 Å². The predicted octanol–water partition coefficient (Wildman–Crippen LogP) is 2.51. The third-order valence-corrected chi connectivity index (χ3v) is 6.05. The fourth-order valence-corrected chi connectivity index (χ4v) is 3.63. The summed E-state index contributed by atoms with van der Waals surface area (Å²) in [6.07, 6.45) is 1.10. The van der Waals surface area contributed by atoms with Gasteiger partial charge in [-0.25, -0.2) is 12.7 Å². The summed E-state index contributed by atoms with van der Waals surface area (Å²) in [6, 6.07) is 3.00. The van der Waals surface area contributed by atoms with E-state index in [-0.39, 0.29) is 4.90 Å². The number of rotatable bonds is 4. The van der Waals surface area contributed by atoms with E-state index in [2.05, 4.69) is 6.92 Å². The molecule has 1 saturated carbocycles. The van der Waals surface area contributed by atoms with Gasteiger partial charge in [0.2, 0.25) is 10.0 Å². The van der Waals surface area contributed by atoms with Gasteiger partial charge in [0.1, 0.15) is 0 Å². The second-order valence-corrected chi connectivity index (χ2v) is 7.82. The molecule has 0 radical (unpaired) electrons. The molecule has 0 aliphatic heterocycles. The third kappa shape index (κ3) is 2.88. The van der Waals surface area contributed by atoms with Crippen molar-refractivity contribution in [2.45, 2.75) is 25.2 Å². The largest absolute Gasteiger partial charge is 0.397 e. The summed E-state index contributed by atoms with van der Waals surface area (Å²) in [6.45, 7) is 4.45. The van der Waals surface area contributed by atoms with Crippen LogP contribution in [0, 0.1) is 18.8 Å². The van der Waals surface area contributed by atoms with Gasteiger partial charge in [-0.05, 0) is 42.9 Å². The predicted molar refractivity (Wildman–Crippen MR) is 77.7 cm³/mol. The van der Waals surface area contributed by atoms with Gasteiger partial charge in [0.05, 0.1) is 15.6 Å². The Morgan fingerprint density at radius 3 is 2.53 bits per heavy atom. The highest BCUT2D eigenvalue weighted by Gasteiger charge is 2.36. The minimum absolute atomic E-state index is 0.211. The lowest BCUT2D eigenvalue weighted by molar-refractivity contribution is 0.444. The number of hydrogen-bond donors (Lipinski definition) is 1. The first-order valence-electron chi connectivity index (χ1n) is 6.25. The molecule has 0 bridgehead atoms. The summed E-state index contributed by atoms with van der Waals surface area (Å²) in [5.74, 6) is 1.10. The van der Waals surface area contributed by atoms with Crippen LogP contribution < -0.4 is 5.73 Å². The Labute approximate surface area is 119 Å². The maximum atomic E-state index is 12.4. The Bertz CT molecular complexity index is 578. The van der Waals surface area contributed by atoms with E-state index in [9.17, 15) is 8.42 Å². The van der Waals surface area contributed by atoms with Crippen molar-refractivity contribution in [1.82, 2.24) is 4.31 Å². The van der Waals surface area contributed by atoms with E-state index in [1.165, 1.54) is 10.4 Å². The zero-order valence-electron chi connectivity index (χ0n) is 11.4. The normalized spacial score (nSPS) is 22.8. The smallest absolute Gasteiger partial charge is 0.242 e. The molecule has 1 aliphatic carbocycles. The van der Waals surface area contributed by atoms with Crippen LogP contribution in [0.5, 0.6) is 0 Å². The molecule has 19 heavy (non-hydrogen) atoms. The second-order valence-electron chi connectivity index (χ2n) is 5.40. The van der Waals surface area contributed by atoms with Crippen LogP contribution in [-0.2, 0) is 10.0 Å². The van der Waals surface area contributed by atoms with Gasteiger partial charge >= 0.3 is 0 Å². The molecule has 0 heterocycles. The molecule has 0 amide bonds. The zero-order valence-corrected chi connectivity index (χ0v) is 12.9. The molecular weight excluding hydrogens is 284 g/mol. The summed E-state index contributed by atoms with van der Waals surface area (Å²) in [4.78, 5) is 0.211. The molecule has 1 aromatic carbocycles. The third-order valence-electron chi connectivity index (χ3n) is 3.73. The number of sulfonamides is 1. The highest BCUT2D eigenvalue weighted by atomic mass is 35.5. The lowest BCUT2D eigenvalue weighted by atomic mass is 10.2. The van der Waals surface area contributed by atoms with Crippen molar-refractivity contribution in [3.8, 4) is 0 Å². The molecular formula is C13H19ClN2O2S. The monoisotopic (exact) mass is 302 g/mol. The lowest BCUT2D eigenvalue weighted by Crippen LogP contribution is -2.29. The molecule has 0 spiro atoms. The number of anilines is 1. The average Bonchev–Trinajstić information content (AvgIpc) is 3.00. The Hall–Kier alpha value is -0.780.